The van der Waals surface area contributed by atoms with Gasteiger partial charge < -0.3 is 20.7 Å². The molecular formula is C21H23N5O2. The second kappa shape index (κ2) is 7.64. The van der Waals surface area contributed by atoms with Crippen molar-refractivity contribution in [1.29, 1.82) is 5.41 Å². The lowest BCUT2D eigenvalue weighted by molar-refractivity contribution is 0.0697. The van der Waals surface area contributed by atoms with E-state index in [1.807, 2.05) is 37.2 Å². The summed E-state index contributed by atoms with van der Waals surface area (Å²) in [7, 11) is 3.75. The summed E-state index contributed by atoms with van der Waals surface area (Å²) in [6.45, 7) is 4.11. The van der Waals surface area contributed by atoms with Crippen LogP contribution in [0.5, 0.6) is 0 Å². The van der Waals surface area contributed by atoms with E-state index in [1.165, 1.54) is 12.3 Å². The van der Waals surface area contributed by atoms with Gasteiger partial charge in [0.05, 0.1) is 16.6 Å². The molecule has 3 N–H and O–H groups in total. The molecule has 0 saturated heterocycles. The predicted octanol–water partition coefficient (Wildman–Crippen LogP) is 3.88. The molecule has 0 aliphatic heterocycles. The van der Waals surface area contributed by atoms with Gasteiger partial charge in [-0.3, -0.25) is 0 Å². The van der Waals surface area contributed by atoms with Gasteiger partial charge in [-0.05, 0) is 38.1 Å². The number of aromatic nitrogens is 2. The zero-order valence-corrected chi connectivity index (χ0v) is 16.3. The van der Waals surface area contributed by atoms with Gasteiger partial charge in [0.1, 0.15) is 5.69 Å². The number of benzene rings is 2. The second-order valence-corrected chi connectivity index (χ2v) is 6.81. The monoisotopic (exact) mass is 377 g/mol. The first-order valence-corrected chi connectivity index (χ1v) is 8.96. The summed E-state index contributed by atoms with van der Waals surface area (Å²) in [6, 6.07) is 10.7. The molecule has 3 rings (SSSR count). The van der Waals surface area contributed by atoms with Crippen LogP contribution in [0.25, 0.3) is 22.3 Å². The smallest absolute Gasteiger partial charge is 0.335 e. The minimum Gasteiger partial charge on any atom is -0.478 e. The Balaban J connectivity index is 2.28. The molecule has 0 unspecified atom stereocenters. The van der Waals surface area contributed by atoms with Crippen molar-refractivity contribution < 1.29 is 9.90 Å². The van der Waals surface area contributed by atoms with Crippen molar-refractivity contribution in [3.8, 4) is 11.3 Å². The second-order valence-electron chi connectivity index (χ2n) is 6.81. The van der Waals surface area contributed by atoms with Crippen LogP contribution in [0.2, 0.25) is 0 Å². The SMILES string of the molecule is CNc1cc(-c2nc3ccc(C(=O)O)cc3nc2N(C)C(C)C)ccc1C=N. The molecule has 2 aromatic carbocycles. The van der Waals surface area contributed by atoms with Gasteiger partial charge in [0, 0.05) is 43.2 Å². The van der Waals surface area contributed by atoms with E-state index in [0.29, 0.717) is 22.5 Å². The molecule has 28 heavy (non-hydrogen) atoms. The zero-order valence-electron chi connectivity index (χ0n) is 16.3. The predicted molar refractivity (Wildman–Crippen MR) is 113 cm³/mol. The minimum absolute atomic E-state index is 0.178. The third-order valence-electron chi connectivity index (χ3n) is 4.75. The molecule has 7 nitrogen and oxygen atoms in total. The number of nitrogens with zero attached hydrogens (tertiary/aromatic N) is 3. The number of hydrogen-bond acceptors (Lipinski definition) is 6. The molecule has 0 aliphatic carbocycles. The number of fused-ring (bicyclic) bond motifs is 1. The van der Waals surface area contributed by atoms with Crippen molar-refractivity contribution in [1.82, 2.24) is 9.97 Å². The van der Waals surface area contributed by atoms with E-state index in [1.54, 1.807) is 12.1 Å². The summed E-state index contributed by atoms with van der Waals surface area (Å²) in [5.41, 5.74) is 4.53. The van der Waals surface area contributed by atoms with E-state index in [2.05, 4.69) is 19.2 Å². The van der Waals surface area contributed by atoms with E-state index < -0.39 is 5.97 Å². The maximum absolute atomic E-state index is 11.3. The summed E-state index contributed by atoms with van der Waals surface area (Å²) >= 11 is 0. The van der Waals surface area contributed by atoms with Crippen molar-refractivity contribution in [2.75, 3.05) is 24.3 Å². The summed E-state index contributed by atoms with van der Waals surface area (Å²) < 4.78 is 0. The van der Waals surface area contributed by atoms with Gasteiger partial charge in [0.25, 0.3) is 0 Å². The number of anilines is 2. The number of aromatic carboxylic acids is 1. The maximum atomic E-state index is 11.3. The molecule has 3 aromatic rings. The number of carboxylic acids is 1. The van der Waals surface area contributed by atoms with Crippen LogP contribution in [0.15, 0.2) is 36.4 Å². The number of nitrogens with one attached hydrogen (secondary N) is 2. The normalized spacial score (nSPS) is 10.9. The average Bonchev–Trinajstić information content (AvgIpc) is 2.70. The topological polar surface area (TPSA) is 102 Å². The Kier molecular flexibility index (Phi) is 5.26. The molecule has 0 atom stereocenters. The van der Waals surface area contributed by atoms with Gasteiger partial charge in [-0.2, -0.15) is 0 Å². The standard InChI is InChI=1S/C21H23N5O2/c1-12(2)26(4)20-19(13-5-6-15(11-22)17(9-13)23-3)24-16-8-7-14(21(27)28)10-18(16)25-20/h5-12,22-23H,1-4H3,(H,27,28). The highest BCUT2D eigenvalue weighted by Crippen LogP contribution is 2.32. The van der Waals surface area contributed by atoms with Crippen LogP contribution in [0.1, 0.15) is 29.8 Å². The van der Waals surface area contributed by atoms with Crippen LogP contribution >= 0.6 is 0 Å². The molecule has 0 bridgehead atoms. The largest absolute Gasteiger partial charge is 0.478 e. The van der Waals surface area contributed by atoms with Crippen molar-refractivity contribution in [3.05, 3.63) is 47.5 Å². The Morgan fingerprint density at radius 1 is 1.18 bits per heavy atom. The fourth-order valence-corrected chi connectivity index (χ4v) is 2.91. The number of hydrogen-bond donors (Lipinski definition) is 3. The van der Waals surface area contributed by atoms with E-state index in [0.717, 1.165) is 16.8 Å². The Morgan fingerprint density at radius 2 is 1.93 bits per heavy atom. The molecule has 0 aliphatic rings. The van der Waals surface area contributed by atoms with Crippen molar-refractivity contribution in [2.45, 2.75) is 19.9 Å². The van der Waals surface area contributed by atoms with Crippen LogP contribution in [0.3, 0.4) is 0 Å². The molecule has 0 radical (unpaired) electrons. The summed E-state index contributed by atoms with van der Waals surface area (Å²) in [6.07, 6.45) is 1.30. The summed E-state index contributed by atoms with van der Waals surface area (Å²) in [4.78, 5) is 22.9. The molecular weight excluding hydrogens is 354 g/mol. The highest BCUT2D eigenvalue weighted by molar-refractivity contribution is 5.94. The molecule has 0 spiro atoms. The van der Waals surface area contributed by atoms with Crippen molar-refractivity contribution in [2.24, 2.45) is 0 Å². The molecule has 1 aromatic heterocycles. The highest BCUT2D eigenvalue weighted by Gasteiger charge is 2.18. The minimum atomic E-state index is -0.993. The lowest BCUT2D eigenvalue weighted by atomic mass is 10.1. The Labute approximate surface area is 163 Å². The first-order chi connectivity index (χ1) is 13.3. The highest BCUT2D eigenvalue weighted by atomic mass is 16.4. The fourth-order valence-electron chi connectivity index (χ4n) is 2.91. The van der Waals surface area contributed by atoms with Gasteiger partial charge in [0.15, 0.2) is 5.82 Å². The van der Waals surface area contributed by atoms with Crippen molar-refractivity contribution >= 4 is 34.7 Å². The van der Waals surface area contributed by atoms with Gasteiger partial charge in [-0.1, -0.05) is 12.1 Å². The van der Waals surface area contributed by atoms with E-state index >= 15 is 0 Å². The maximum Gasteiger partial charge on any atom is 0.335 e. The zero-order chi connectivity index (χ0) is 20.4. The van der Waals surface area contributed by atoms with Gasteiger partial charge in [-0.25, -0.2) is 14.8 Å². The van der Waals surface area contributed by atoms with Crippen molar-refractivity contribution in [3.63, 3.8) is 0 Å². The van der Waals surface area contributed by atoms with Gasteiger partial charge in [-0.15, -0.1) is 0 Å². The summed E-state index contributed by atoms with van der Waals surface area (Å²) in [5.74, 6) is -0.317. The quantitative estimate of drug-likeness (QED) is 0.564. The third kappa shape index (κ3) is 3.51. The van der Waals surface area contributed by atoms with E-state index in [4.69, 9.17) is 15.4 Å². The Morgan fingerprint density at radius 3 is 2.54 bits per heavy atom. The van der Waals surface area contributed by atoms with Crippen LogP contribution in [-0.2, 0) is 0 Å². The van der Waals surface area contributed by atoms with Crippen LogP contribution in [-0.4, -0.2) is 47.4 Å². The lowest BCUT2D eigenvalue weighted by Gasteiger charge is -2.25. The molecule has 0 amide bonds. The first-order valence-electron chi connectivity index (χ1n) is 8.96. The van der Waals surface area contributed by atoms with Gasteiger partial charge in [0.2, 0.25) is 0 Å². The third-order valence-corrected chi connectivity index (χ3v) is 4.75. The van der Waals surface area contributed by atoms with E-state index in [9.17, 15) is 9.90 Å². The van der Waals surface area contributed by atoms with Gasteiger partial charge >= 0.3 is 5.97 Å². The van der Waals surface area contributed by atoms with E-state index in [-0.39, 0.29) is 11.6 Å². The lowest BCUT2D eigenvalue weighted by Crippen LogP contribution is -2.27. The van der Waals surface area contributed by atoms with Crippen LogP contribution in [0, 0.1) is 5.41 Å². The number of carbonyl (C=O) groups is 1. The number of rotatable bonds is 6. The van der Waals surface area contributed by atoms with Crippen LogP contribution < -0.4 is 10.2 Å². The average molecular weight is 377 g/mol. The molecule has 0 fully saturated rings. The number of carboxylic acid groups (broad SMARTS) is 1. The first kappa shape index (κ1) is 19.3. The Bertz CT molecular complexity index is 1060. The molecule has 0 saturated carbocycles. The van der Waals surface area contributed by atoms with Crippen LogP contribution in [0.4, 0.5) is 11.5 Å². The molecule has 144 valence electrons. The summed E-state index contributed by atoms with van der Waals surface area (Å²) in [5, 5.41) is 19.9. The molecule has 1 heterocycles. The Hall–Kier alpha value is -3.48. The molecule has 7 heteroatoms. The fraction of sp³-hybridized carbons (Fsp3) is 0.238.